The topological polar surface area (TPSA) is 61.4 Å². The Morgan fingerprint density at radius 2 is 2.25 bits per heavy atom. The Morgan fingerprint density at radius 1 is 1.55 bits per heavy atom. The highest BCUT2D eigenvalue weighted by molar-refractivity contribution is 14.1. The second kappa shape index (κ2) is 5.96. The van der Waals surface area contributed by atoms with Gasteiger partial charge < -0.3 is 5.32 Å². The molecule has 0 fully saturated rings. The van der Waals surface area contributed by atoms with Crippen LogP contribution in [0.2, 0.25) is 0 Å². The highest BCUT2D eigenvalue weighted by Crippen LogP contribution is 2.24. The third kappa shape index (κ3) is 3.21. The lowest BCUT2D eigenvalue weighted by Crippen LogP contribution is -2.45. The van der Waals surface area contributed by atoms with Gasteiger partial charge in [0.05, 0.1) is 17.8 Å². The van der Waals surface area contributed by atoms with E-state index in [2.05, 4.69) is 10.7 Å². The van der Waals surface area contributed by atoms with Gasteiger partial charge in [-0.1, -0.05) is 0 Å². The summed E-state index contributed by atoms with van der Waals surface area (Å²) in [4.78, 5) is 22.9. The van der Waals surface area contributed by atoms with Crippen molar-refractivity contribution in [2.24, 2.45) is 0 Å². The van der Waals surface area contributed by atoms with E-state index in [9.17, 15) is 14.0 Å². The van der Waals surface area contributed by atoms with Crippen molar-refractivity contribution in [2.75, 3.05) is 12.4 Å². The van der Waals surface area contributed by atoms with Crippen molar-refractivity contribution >= 4 is 51.0 Å². The Balaban J connectivity index is 2.39. The molecule has 0 aliphatic carbocycles. The van der Waals surface area contributed by atoms with Gasteiger partial charge in [0.1, 0.15) is 11.5 Å². The maximum absolute atomic E-state index is 13.8. The third-order valence-corrected chi connectivity index (χ3v) is 3.50. The Morgan fingerprint density at radius 3 is 2.85 bits per heavy atom. The molecule has 5 nitrogen and oxygen atoms in total. The quantitative estimate of drug-likeness (QED) is 0.593. The fourth-order valence-corrected chi connectivity index (χ4v) is 2.53. The zero-order valence-corrected chi connectivity index (χ0v) is 13.3. The molecule has 1 amide bonds. The molecule has 2 rings (SSSR count). The monoisotopic (exact) mass is 409 g/mol. The van der Waals surface area contributed by atoms with E-state index in [4.69, 9.17) is 11.6 Å². The maximum atomic E-state index is 13.8. The molecule has 0 radical (unpaired) electrons. The molecule has 8 heteroatoms. The van der Waals surface area contributed by atoms with Gasteiger partial charge in [-0.3, -0.25) is 20.0 Å². The molecular formula is C12H10ClFIN3O2. The molecule has 1 aliphatic rings. The van der Waals surface area contributed by atoms with E-state index in [1.807, 2.05) is 22.6 Å². The summed E-state index contributed by atoms with van der Waals surface area (Å²) in [7, 11) is 1.48. The summed E-state index contributed by atoms with van der Waals surface area (Å²) < 4.78 is 14.5. The van der Waals surface area contributed by atoms with Gasteiger partial charge in [0.15, 0.2) is 0 Å². The summed E-state index contributed by atoms with van der Waals surface area (Å²) in [5.74, 6) is -0.790. The molecule has 1 aromatic carbocycles. The van der Waals surface area contributed by atoms with Crippen LogP contribution in [0.3, 0.4) is 0 Å². The number of carbonyl (C=O) groups is 2. The lowest BCUT2D eigenvalue weighted by molar-refractivity contribution is -0.125. The molecule has 1 heterocycles. The minimum absolute atomic E-state index is 0.0798. The summed E-state index contributed by atoms with van der Waals surface area (Å²) in [6, 6.07) is 4.59. The molecule has 106 valence electrons. The van der Waals surface area contributed by atoms with Crippen LogP contribution in [0.1, 0.15) is 6.42 Å². The van der Waals surface area contributed by atoms with Crippen molar-refractivity contribution in [2.45, 2.75) is 6.42 Å². The van der Waals surface area contributed by atoms with Crippen molar-refractivity contribution < 1.29 is 14.0 Å². The predicted octanol–water partition coefficient (Wildman–Crippen LogP) is 2.19. The number of carbonyl (C=O) groups excluding carboxylic acids is 2. The molecule has 20 heavy (non-hydrogen) atoms. The van der Waals surface area contributed by atoms with E-state index >= 15 is 0 Å². The zero-order valence-electron chi connectivity index (χ0n) is 10.3. The number of halogens is 3. The number of allylic oxidation sites excluding steroid dienone is 1. The van der Waals surface area contributed by atoms with Crippen LogP contribution in [0.4, 0.5) is 10.1 Å². The van der Waals surface area contributed by atoms with E-state index in [1.54, 1.807) is 6.07 Å². The normalized spacial score (nSPS) is 15.2. The fraction of sp³-hybridized carbons (Fsp3) is 0.167. The number of likely N-dealkylation sites (N-methyl/N-ethyl adjacent to an activating group) is 1. The van der Waals surface area contributed by atoms with Crippen LogP contribution in [-0.2, 0) is 9.59 Å². The summed E-state index contributed by atoms with van der Waals surface area (Å²) in [6.07, 6.45) is -0.0798. The second-order valence-electron chi connectivity index (χ2n) is 4.12. The zero-order chi connectivity index (χ0) is 14.9. The van der Waals surface area contributed by atoms with Gasteiger partial charge in [0.2, 0.25) is 5.91 Å². The van der Waals surface area contributed by atoms with Gasteiger partial charge in [-0.25, -0.2) is 4.39 Å². The second-order valence-corrected chi connectivity index (χ2v) is 5.71. The number of hydrazine groups is 1. The number of hydrogen-bond acceptors (Lipinski definition) is 4. The van der Waals surface area contributed by atoms with E-state index in [0.717, 1.165) is 3.57 Å². The van der Waals surface area contributed by atoms with Crippen LogP contribution in [0.15, 0.2) is 29.6 Å². The summed E-state index contributed by atoms with van der Waals surface area (Å²) in [5.41, 5.74) is 2.97. The van der Waals surface area contributed by atoms with Crippen molar-refractivity contribution in [3.63, 3.8) is 0 Å². The maximum Gasteiger partial charge on any atom is 0.272 e. The Labute approximate surface area is 133 Å². The van der Waals surface area contributed by atoms with Gasteiger partial charge in [-0.15, -0.1) is 0 Å². The fourth-order valence-electron chi connectivity index (χ4n) is 1.84. The highest BCUT2D eigenvalue weighted by atomic mass is 127. The molecule has 1 aliphatic heterocycles. The minimum atomic E-state index is -0.735. The first-order valence-electron chi connectivity index (χ1n) is 5.56. The Hall–Kier alpha value is -1.35. The average Bonchev–Trinajstić information content (AvgIpc) is 2.31. The predicted molar refractivity (Wildman–Crippen MR) is 81.1 cm³/mol. The van der Waals surface area contributed by atoms with Crippen molar-refractivity contribution in [1.29, 1.82) is 0 Å². The lowest BCUT2D eigenvalue weighted by atomic mass is 10.2. The first-order chi connectivity index (χ1) is 9.38. The number of hydrogen-bond donors (Lipinski definition) is 2. The van der Waals surface area contributed by atoms with Crippen molar-refractivity contribution in [3.05, 3.63) is 39.0 Å². The van der Waals surface area contributed by atoms with Crippen LogP contribution in [0.25, 0.3) is 0 Å². The number of benzene rings is 1. The first kappa shape index (κ1) is 15.0. The lowest BCUT2D eigenvalue weighted by Gasteiger charge is -2.29. The van der Waals surface area contributed by atoms with E-state index in [-0.39, 0.29) is 29.4 Å². The van der Waals surface area contributed by atoms with E-state index in [1.165, 1.54) is 24.2 Å². The van der Waals surface area contributed by atoms with Crippen molar-refractivity contribution in [3.8, 4) is 0 Å². The van der Waals surface area contributed by atoms with E-state index in [0.29, 0.717) is 0 Å². The Bertz CT molecular complexity index is 621. The largest absolute Gasteiger partial charge is 0.354 e. The number of nitrogens with one attached hydrogen (secondary N) is 2. The molecule has 1 aromatic rings. The molecule has 0 atom stereocenters. The number of rotatable bonds is 3. The SMILES string of the molecule is CN1NC(=O)CC(Nc2ccc(I)cc2F)=C1C(=O)Cl. The third-order valence-electron chi connectivity index (χ3n) is 2.65. The molecule has 0 saturated carbocycles. The number of nitrogens with zero attached hydrogens (tertiary/aromatic N) is 1. The standard InChI is InChI=1S/C12H10ClFIN3O2/c1-18-11(12(13)20)9(5-10(19)17-18)16-8-3-2-6(15)4-7(8)14/h2-4,16H,5H2,1H3,(H,17,19). The minimum Gasteiger partial charge on any atom is -0.354 e. The van der Waals surface area contributed by atoms with Crippen LogP contribution in [-0.4, -0.2) is 23.2 Å². The van der Waals surface area contributed by atoms with Crippen LogP contribution < -0.4 is 10.7 Å². The molecular weight excluding hydrogens is 400 g/mol. The first-order valence-corrected chi connectivity index (χ1v) is 7.02. The number of amides is 1. The molecule has 0 unspecified atom stereocenters. The highest BCUT2D eigenvalue weighted by Gasteiger charge is 2.26. The molecule has 0 saturated heterocycles. The molecule has 0 spiro atoms. The molecule has 0 bridgehead atoms. The summed E-state index contributed by atoms with van der Waals surface area (Å²) in [6.45, 7) is 0. The van der Waals surface area contributed by atoms with Gasteiger partial charge >= 0.3 is 0 Å². The number of anilines is 1. The van der Waals surface area contributed by atoms with Gasteiger partial charge in [-0.05, 0) is 52.4 Å². The smallest absolute Gasteiger partial charge is 0.272 e. The van der Waals surface area contributed by atoms with Gasteiger partial charge in [0.25, 0.3) is 5.24 Å². The Kier molecular flexibility index (Phi) is 4.48. The molecule has 2 N–H and O–H groups in total. The van der Waals surface area contributed by atoms with Gasteiger partial charge in [-0.2, -0.15) is 0 Å². The van der Waals surface area contributed by atoms with Crippen LogP contribution >= 0.6 is 34.2 Å². The van der Waals surface area contributed by atoms with Gasteiger partial charge in [0, 0.05) is 10.6 Å². The van der Waals surface area contributed by atoms with E-state index < -0.39 is 11.1 Å². The van der Waals surface area contributed by atoms with Crippen molar-refractivity contribution in [1.82, 2.24) is 10.4 Å². The van der Waals surface area contributed by atoms with Crippen LogP contribution in [0.5, 0.6) is 0 Å². The molecule has 0 aromatic heterocycles. The van der Waals surface area contributed by atoms with Crippen LogP contribution in [0, 0.1) is 9.39 Å². The average molecular weight is 410 g/mol. The summed E-state index contributed by atoms with van der Waals surface area (Å²) in [5, 5.41) is 3.24. The summed E-state index contributed by atoms with van der Waals surface area (Å²) >= 11 is 7.49.